The van der Waals surface area contributed by atoms with Crippen LogP contribution in [-0.2, 0) is 51.8 Å². The van der Waals surface area contributed by atoms with Crippen LogP contribution in [0.4, 0.5) is 5.69 Å². The molecule has 123 valence electrons. The van der Waals surface area contributed by atoms with Crippen molar-refractivity contribution in [1.29, 1.82) is 0 Å². The van der Waals surface area contributed by atoms with Crippen LogP contribution in [0.5, 0.6) is 0 Å². The van der Waals surface area contributed by atoms with Gasteiger partial charge in [0.15, 0.2) is 11.7 Å². The molecule has 1 atom stereocenters. The molecule has 0 aromatic heterocycles. The normalized spacial score (nSPS) is 11.7. The second kappa shape index (κ2) is 11.4. The smallest absolute Gasteiger partial charge is 0.322 e. The molecule has 6 heteroatoms. The molecular weight excluding hydrogens is 371 g/mol. The maximum atomic E-state index is 12.0. The molecule has 0 fully saturated rings. The number of ketones is 1. The van der Waals surface area contributed by atoms with Crippen LogP contribution in [0.15, 0.2) is 23.2 Å². The summed E-state index contributed by atoms with van der Waals surface area (Å²) in [4.78, 5) is 28.1. The van der Waals surface area contributed by atoms with Gasteiger partial charge < -0.3 is 9.47 Å². The standard InChI is InChI=1S/C17H21NO4.Y/c1-5-21-11-16(19)15(17(20)22-6-2)10-18-14-8-7-12(3)13(4)9-14;/h7-10,15H,3-6,11H2,1-2H3;/q-2;. The predicted octanol–water partition coefficient (Wildman–Crippen LogP) is 2.54. The van der Waals surface area contributed by atoms with Crippen molar-refractivity contribution in [3.8, 4) is 0 Å². The van der Waals surface area contributed by atoms with Crippen LogP contribution in [0.25, 0.3) is 0 Å². The molecule has 0 aliphatic heterocycles. The molecule has 1 aromatic rings. The fourth-order valence-corrected chi connectivity index (χ4v) is 1.65. The van der Waals surface area contributed by atoms with E-state index in [1.807, 2.05) is 0 Å². The number of hydrogen-bond acceptors (Lipinski definition) is 5. The molecule has 0 aliphatic carbocycles. The Labute approximate surface area is 162 Å². The van der Waals surface area contributed by atoms with E-state index in [0.717, 1.165) is 11.1 Å². The summed E-state index contributed by atoms with van der Waals surface area (Å²) >= 11 is 0. The minimum Gasteiger partial charge on any atom is -0.465 e. The quantitative estimate of drug-likeness (QED) is 0.295. The number of ether oxygens (including phenoxy) is 2. The Hall–Kier alpha value is -1.17. The van der Waals surface area contributed by atoms with Gasteiger partial charge in [0.25, 0.3) is 0 Å². The first-order valence-corrected chi connectivity index (χ1v) is 7.08. The van der Waals surface area contributed by atoms with Gasteiger partial charge in [0.2, 0.25) is 0 Å². The number of carbonyl (C=O) groups is 2. The number of carbonyl (C=O) groups excluding carboxylic acids is 2. The molecule has 0 N–H and O–H groups in total. The second-order valence-electron chi connectivity index (χ2n) is 4.56. The van der Waals surface area contributed by atoms with Crippen LogP contribution in [-0.4, -0.2) is 37.8 Å². The van der Waals surface area contributed by atoms with E-state index < -0.39 is 11.9 Å². The van der Waals surface area contributed by atoms with Crippen LogP contribution >= 0.6 is 0 Å². The average molecular weight is 392 g/mol. The van der Waals surface area contributed by atoms with Crippen molar-refractivity contribution in [2.24, 2.45) is 10.9 Å². The Kier molecular flexibility index (Phi) is 10.8. The number of Topliss-reactive ketones (excluding diaryl/α,β-unsaturated/α-hetero) is 1. The second-order valence-corrected chi connectivity index (χ2v) is 4.56. The number of aliphatic imine (C=N–C) groups is 1. The van der Waals surface area contributed by atoms with E-state index in [1.165, 1.54) is 6.21 Å². The van der Waals surface area contributed by atoms with Gasteiger partial charge in [-0.25, -0.2) is 6.07 Å². The van der Waals surface area contributed by atoms with Crippen molar-refractivity contribution >= 4 is 23.7 Å². The SMILES string of the molecule is [CH2-]c1ccc(N=CC(C(=O)COCC)C(=O)OCC)cc1[CH2-].[Y]. The topological polar surface area (TPSA) is 65.0 Å². The summed E-state index contributed by atoms with van der Waals surface area (Å²) in [7, 11) is 0. The minimum atomic E-state index is -1.07. The molecule has 1 aromatic carbocycles. The van der Waals surface area contributed by atoms with Crippen molar-refractivity contribution in [1.82, 2.24) is 0 Å². The van der Waals surface area contributed by atoms with Crippen LogP contribution in [0.2, 0.25) is 0 Å². The van der Waals surface area contributed by atoms with Gasteiger partial charge in [-0.1, -0.05) is 0 Å². The molecular formula is C17H21NO4Y-2. The van der Waals surface area contributed by atoms with Crippen LogP contribution in [0.1, 0.15) is 25.0 Å². The fourth-order valence-electron chi connectivity index (χ4n) is 1.65. The van der Waals surface area contributed by atoms with Crippen molar-refractivity contribution in [3.05, 3.63) is 43.2 Å². The molecule has 0 spiro atoms. The van der Waals surface area contributed by atoms with E-state index >= 15 is 0 Å². The first-order chi connectivity index (χ1) is 10.5. The van der Waals surface area contributed by atoms with Gasteiger partial charge in [-0.2, -0.15) is 6.07 Å². The van der Waals surface area contributed by atoms with Gasteiger partial charge >= 0.3 is 5.97 Å². The Balaban J connectivity index is 0.00000484. The maximum Gasteiger partial charge on any atom is 0.322 e. The molecule has 0 heterocycles. The summed E-state index contributed by atoms with van der Waals surface area (Å²) < 4.78 is 9.96. The van der Waals surface area contributed by atoms with Crippen molar-refractivity contribution < 1.29 is 51.8 Å². The number of benzene rings is 1. The summed E-state index contributed by atoms with van der Waals surface area (Å²) in [6, 6.07) is 5.24. The number of nitrogens with zero attached hydrogens (tertiary/aromatic N) is 1. The molecule has 1 rings (SSSR count). The Morgan fingerprint density at radius 2 is 1.91 bits per heavy atom. The fraction of sp³-hybridized carbons (Fsp3) is 0.353. The van der Waals surface area contributed by atoms with Crippen LogP contribution in [0, 0.1) is 19.8 Å². The van der Waals surface area contributed by atoms with Crippen LogP contribution in [0.3, 0.4) is 0 Å². The zero-order valence-electron chi connectivity index (χ0n) is 13.6. The molecule has 1 radical (unpaired) electrons. The Morgan fingerprint density at radius 3 is 2.48 bits per heavy atom. The Bertz CT molecular complexity index is 558. The third-order valence-electron chi connectivity index (χ3n) is 2.90. The largest absolute Gasteiger partial charge is 0.465 e. The van der Waals surface area contributed by atoms with Crippen molar-refractivity contribution in [2.45, 2.75) is 13.8 Å². The van der Waals surface area contributed by atoms with Gasteiger partial charge in [-0.05, 0) is 19.5 Å². The number of esters is 1. The Morgan fingerprint density at radius 1 is 1.22 bits per heavy atom. The van der Waals surface area contributed by atoms with Crippen molar-refractivity contribution in [2.75, 3.05) is 19.8 Å². The first-order valence-electron chi connectivity index (χ1n) is 7.08. The molecule has 0 saturated heterocycles. The molecule has 5 nitrogen and oxygen atoms in total. The van der Waals surface area contributed by atoms with Gasteiger partial charge in [-0.15, -0.1) is 6.07 Å². The van der Waals surface area contributed by atoms with E-state index in [-0.39, 0.29) is 51.7 Å². The zero-order valence-corrected chi connectivity index (χ0v) is 16.4. The predicted molar refractivity (Wildman–Crippen MR) is 85.1 cm³/mol. The zero-order chi connectivity index (χ0) is 16.5. The van der Waals surface area contributed by atoms with Crippen molar-refractivity contribution in [3.63, 3.8) is 0 Å². The van der Waals surface area contributed by atoms with E-state index in [1.54, 1.807) is 32.0 Å². The average Bonchev–Trinajstić information content (AvgIpc) is 2.49. The molecule has 0 bridgehead atoms. The molecule has 0 aliphatic rings. The van der Waals surface area contributed by atoms with Crippen LogP contribution < -0.4 is 0 Å². The van der Waals surface area contributed by atoms with Gasteiger partial charge in [0.05, 0.1) is 6.61 Å². The molecule has 23 heavy (non-hydrogen) atoms. The summed E-state index contributed by atoms with van der Waals surface area (Å²) in [5.74, 6) is -2.08. The van der Waals surface area contributed by atoms with E-state index in [2.05, 4.69) is 18.8 Å². The molecule has 0 amide bonds. The van der Waals surface area contributed by atoms with Gasteiger partial charge in [0, 0.05) is 45.5 Å². The molecule has 1 unspecified atom stereocenters. The summed E-state index contributed by atoms with van der Waals surface area (Å²) in [6.07, 6.45) is 1.29. The third kappa shape index (κ3) is 7.29. The minimum absolute atomic E-state index is 0. The summed E-state index contributed by atoms with van der Waals surface area (Å²) in [6.45, 7) is 11.5. The van der Waals surface area contributed by atoms with E-state index in [4.69, 9.17) is 9.47 Å². The molecule has 0 saturated carbocycles. The van der Waals surface area contributed by atoms with E-state index in [9.17, 15) is 9.59 Å². The monoisotopic (exact) mass is 392 g/mol. The summed E-state index contributed by atoms with van der Waals surface area (Å²) in [5, 5.41) is 0. The first kappa shape index (κ1) is 21.8. The third-order valence-corrected chi connectivity index (χ3v) is 2.90. The summed E-state index contributed by atoms with van der Waals surface area (Å²) in [5.41, 5.74) is 2.13. The van der Waals surface area contributed by atoms with E-state index in [0.29, 0.717) is 12.3 Å². The maximum absolute atomic E-state index is 12.0. The number of hydrogen-bond donors (Lipinski definition) is 0. The van der Waals surface area contributed by atoms with Gasteiger partial charge in [-0.3, -0.25) is 39.6 Å². The van der Waals surface area contributed by atoms with Gasteiger partial charge in [0.1, 0.15) is 6.61 Å². The number of rotatable bonds is 8.